The van der Waals surface area contributed by atoms with E-state index in [1.54, 1.807) is 0 Å². The molecule has 1 aliphatic heterocycles. The molecule has 5 nitrogen and oxygen atoms in total. The summed E-state index contributed by atoms with van der Waals surface area (Å²) in [5.74, 6) is 2.13. The van der Waals surface area contributed by atoms with Crippen molar-refractivity contribution in [2.24, 2.45) is 5.92 Å². The average Bonchev–Trinajstić information content (AvgIpc) is 2.68. The van der Waals surface area contributed by atoms with E-state index in [9.17, 15) is 0 Å². The summed E-state index contributed by atoms with van der Waals surface area (Å²) in [7, 11) is 3.83. The van der Waals surface area contributed by atoms with Crippen molar-refractivity contribution in [3.05, 3.63) is 5.89 Å². The van der Waals surface area contributed by atoms with Gasteiger partial charge in [-0.25, -0.2) is 0 Å². The van der Waals surface area contributed by atoms with Crippen molar-refractivity contribution in [3.8, 4) is 0 Å². The van der Waals surface area contributed by atoms with Crippen molar-refractivity contribution in [1.82, 2.24) is 15.5 Å². The SMILES string of the molecule is CN(C)c1noc(CC2CCNCC2)n1. The van der Waals surface area contributed by atoms with Gasteiger partial charge in [-0.2, -0.15) is 4.98 Å². The van der Waals surface area contributed by atoms with Crippen LogP contribution in [-0.4, -0.2) is 37.3 Å². The molecule has 0 bridgehead atoms. The molecule has 0 atom stereocenters. The molecular formula is C10H18N4O. The fourth-order valence-corrected chi connectivity index (χ4v) is 1.84. The topological polar surface area (TPSA) is 54.2 Å². The molecule has 2 rings (SSSR count). The molecule has 1 saturated heterocycles. The Morgan fingerprint density at radius 1 is 1.40 bits per heavy atom. The number of anilines is 1. The van der Waals surface area contributed by atoms with Crippen molar-refractivity contribution in [1.29, 1.82) is 0 Å². The first kappa shape index (κ1) is 10.4. The minimum atomic E-state index is 0.666. The van der Waals surface area contributed by atoms with Gasteiger partial charge >= 0.3 is 0 Å². The third-order valence-corrected chi connectivity index (χ3v) is 2.78. The maximum Gasteiger partial charge on any atom is 0.265 e. The summed E-state index contributed by atoms with van der Waals surface area (Å²) in [5, 5.41) is 7.25. The first-order valence-corrected chi connectivity index (χ1v) is 5.46. The number of hydrogen-bond donors (Lipinski definition) is 1. The van der Waals surface area contributed by atoms with Crippen LogP contribution in [0.5, 0.6) is 0 Å². The number of piperidine rings is 1. The van der Waals surface area contributed by atoms with Gasteiger partial charge in [0.05, 0.1) is 0 Å². The normalized spacial score (nSPS) is 18.0. The highest BCUT2D eigenvalue weighted by Crippen LogP contribution is 2.17. The van der Waals surface area contributed by atoms with Gasteiger partial charge in [-0.15, -0.1) is 0 Å². The highest BCUT2D eigenvalue weighted by atomic mass is 16.5. The zero-order chi connectivity index (χ0) is 10.7. The quantitative estimate of drug-likeness (QED) is 0.795. The van der Waals surface area contributed by atoms with Crippen LogP contribution >= 0.6 is 0 Å². The second kappa shape index (κ2) is 4.61. The molecule has 0 unspecified atom stereocenters. The first-order valence-electron chi connectivity index (χ1n) is 5.46. The van der Waals surface area contributed by atoms with Gasteiger partial charge in [0, 0.05) is 20.5 Å². The Labute approximate surface area is 89.8 Å². The van der Waals surface area contributed by atoms with Gasteiger partial charge in [0.1, 0.15) is 0 Å². The summed E-state index contributed by atoms with van der Waals surface area (Å²) >= 11 is 0. The van der Waals surface area contributed by atoms with E-state index < -0.39 is 0 Å². The van der Waals surface area contributed by atoms with Crippen LogP contribution in [0.4, 0.5) is 5.95 Å². The maximum absolute atomic E-state index is 5.21. The molecule has 1 aliphatic rings. The summed E-state index contributed by atoms with van der Waals surface area (Å²) in [6, 6.07) is 0. The van der Waals surface area contributed by atoms with Crippen molar-refractivity contribution < 1.29 is 4.52 Å². The fraction of sp³-hybridized carbons (Fsp3) is 0.800. The molecule has 0 radical (unpaired) electrons. The molecule has 1 N–H and O–H groups in total. The van der Waals surface area contributed by atoms with Crippen LogP contribution in [0.15, 0.2) is 4.52 Å². The number of aromatic nitrogens is 2. The zero-order valence-corrected chi connectivity index (χ0v) is 9.36. The Morgan fingerprint density at radius 2 is 2.13 bits per heavy atom. The molecule has 84 valence electrons. The smallest absolute Gasteiger partial charge is 0.265 e. The van der Waals surface area contributed by atoms with Gasteiger partial charge in [0.25, 0.3) is 5.95 Å². The van der Waals surface area contributed by atoms with E-state index in [4.69, 9.17) is 4.52 Å². The second-order valence-corrected chi connectivity index (χ2v) is 4.28. The van der Waals surface area contributed by atoms with E-state index in [-0.39, 0.29) is 0 Å². The minimum absolute atomic E-state index is 0.666. The third-order valence-electron chi connectivity index (χ3n) is 2.78. The highest BCUT2D eigenvalue weighted by molar-refractivity contribution is 5.23. The summed E-state index contributed by atoms with van der Waals surface area (Å²) in [6.07, 6.45) is 3.34. The van der Waals surface area contributed by atoms with Gasteiger partial charge in [-0.05, 0) is 37.0 Å². The van der Waals surface area contributed by atoms with E-state index in [1.165, 1.54) is 12.8 Å². The molecule has 5 heteroatoms. The standard InChI is InChI=1S/C10H18N4O/c1-14(2)10-12-9(15-13-10)7-8-3-5-11-6-4-8/h8,11H,3-7H2,1-2H3. The van der Waals surface area contributed by atoms with Crippen LogP contribution in [0.25, 0.3) is 0 Å². The molecule has 1 fully saturated rings. The molecule has 2 heterocycles. The summed E-state index contributed by atoms with van der Waals surface area (Å²) in [5.41, 5.74) is 0. The molecule has 15 heavy (non-hydrogen) atoms. The molecule has 0 spiro atoms. The Morgan fingerprint density at radius 3 is 2.73 bits per heavy atom. The van der Waals surface area contributed by atoms with E-state index in [0.29, 0.717) is 11.9 Å². The van der Waals surface area contributed by atoms with E-state index >= 15 is 0 Å². The van der Waals surface area contributed by atoms with Crippen LogP contribution < -0.4 is 10.2 Å². The van der Waals surface area contributed by atoms with Crippen LogP contribution in [-0.2, 0) is 6.42 Å². The van der Waals surface area contributed by atoms with E-state index in [1.807, 2.05) is 19.0 Å². The second-order valence-electron chi connectivity index (χ2n) is 4.28. The van der Waals surface area contributed by atoms with Gasteiger partial charge < -0.3 is 14.7 Å². The number of hydrogen-bond acceptors (Lipinski definition) is 5. The van der Waals surface area contributed by atoms with E-state index in [0.717, 1.165) is 25.4 Å². The van der Waals surface area contributed by atoms with E-state index in [2.05, 4.69) is 15.5 Å². The lowest BCUT2D eigenvalue weighted by atomic mass is 9.95. The maximum atomic E-state index is 5.21. The fourth-order valence-electron chi connectivity index (χ4n) is 1.84. The predicted molar refractivity (Wildman–Crippen MR) is 57.9 cm³/mol. The Hall–Kier alpha value is -1.10. The summed E-state index contributed by atoms with van der Waals surface area (Å²) in [6.45, 7) is 2.22. The lowest BCUT2D eigenvalue weighted by Crippen LogP contribution is -2.28. The molecule has 0 saturated carbocycles. The summed E-state index contributed by atoms with van der Waals surface area (Å²) in [4.78, 5) is 6.19. The zero-order valence-electron chi connectivity index (χ0n) is 9.36. The van der Waals surface area contributed by atoms with Gasteiger partial charge in [-0.1, -0.05) is 0 Å². The van der Waals surface area contributed by atoms with Gasteiger partial charge in [-0.3, -0.25) is 0 Å². The minimum Gasteiger partial charge on any atom is -0.344 e. The van der Waals surface area contributed by atoms with Crippen LogP contribution in [0, 0.1) is 5.92 Å². The Balaban J connectivity index is 1.91. The van der Waals surface area contributed by atoms with Crippen LogP contribution in [0.1, 0.15) is 18.7 Å². The third kappa shape index (κ3) is 2.68. The van der Waals surface area contributed by atoms with Crippen molar-refractivity contribution >= 4 is 5.95 Å². The van der Waals surface area contributed by atoms with Crippen molar-refractivity contribution in [2.45, 2.75) is 19.3 Å². The van der Waals surface area contributed by atoms with Crippen LogP contribution in [0.2, 0.25) is 0 Å². The first-order chi connectivity index (χ1) is 7.25. The number of rotatable bonds is 3. The molecule has 1 aromatic rings. The highest BCUT2D eigenvalue weighted by Gasteiger charge is 2.17. The predicted octanol–water partition coefficient (Wildman–Crippen LogP) is 0.678. The van der Waals surface area contributed by atoms with Crippen LogP contribution in [0.3, 0.4) is 0 Å². The van der Waals surface area contributed by atoms with Crippen molar-refractivity contribution in [2.75, 3.05) is 32.1 Å². The molecule has 0 aromatic carbocycles. The number of nitrogens with zero attached hydrogens (tertiary/aromatic N) is 3. The Bertz CT molecular complexity index is 304. The van der Waals surface area contributed by atoms with Gasteiger partial charge in [0.15, 0.2) is 0 Å². The average molecular weight is 210 g/mol. The molecule has 0 amide bonds. The monoisotopic (exact) mass is 210 g/mol. The Kier molecular flexibility index (Phi) is 3.20. The van der Waals surface area contributed by atoms with Crippen molar-refractivity contribution in [3.63, 3.8) is 0 Å². The summed E-state index contributed by atoms with van der Waals surface area (Å²) < 4.78 is 5.21. The number of nitrogens with one attached hydrogen (secondary N) is 1. The van der Waals surface area contributed by atoms with Gasteiger partial charge in [0.2, 0.25) is 5.89 Å². The molecular weight excluding hydrogens is 192 g/mol. The largest absolute Gasteiger partial charge is 0.344 e. The lowest BCUT2D eigenvalue weighted by molar-refractivity contribution is 0.313. The molecule has 1 aromatic heterocycles. The molecule has 0 aliphatic carbocycles. The lowest BCUT2D eigenvalue weighted by Gasteiger charge is -2.20.